The molecule has 1 unspecified atom stereocenters. The molecule has 0 aliphatic carbocycles. The Balaban J connectivity index is 1.40. The van der Waals surface area contributed by atoms with Crippen molar-refractivity contribution in [1.82, 2.24) is 19.6 Å². The number of benzene rings is 1. The average molecular weight is 440 g/mol. The van der Waals surface area contributed by atoms with E-state index in [1.165, 1.54) is 12.1 Å². The maximum absolute atomic E-state index is 13.3. The number of hydrogen-bond acceptors (Lipinski definition) is 6. The maximum Gasteiger partial charge on any atom is 0.268 e. The predicted molar refractivity (Wildman–Crippen MR) is 116 cm³/mol. The summed E-state index contributed by atoms with van der Waals surface area (Å²) >= 11 is 0. The molecule has 1 aromatic carbocycles. The Bertz CT molecular complexity index is 1180. The van der Waals surface area contributed by atoms with E-state index >= 15 is 0 Å². The number of carbonyl (C=O) groups excluding carboxylic acids is 1. The molecule has 0 saturated carbocycles. The van der Waals surface area contributed by atoms with E-state index in [9.17, 15) is 9.18 Å². The van der Waals surface area contributed by atoms with Gasteiger partial charge < -0.3 is 14.9 Å². The molecule has 168 valence electrons. The van der Waals surface area contributed by atoms with Crippen LogP contribution in [0.15, 0.2) is 35.6 Å². The fourth-order valence-electron chi connectivity index (χ4n) is 3.54. The van der Waals surface area contributed by atoms with Gasteiger partial charge in [0.15, 0.2) is 6.73 Å². The van der Waals surface area contributed by atoms with Crippen molar-refractivity contribution >= 4 is 17.3 Å². The van der Waals surface area contributed by atoms with Crippen LogP contribution in [0.3, 0.4) is 0 Å². The number of halogens is 1. The van der Waals surface area contributed by atoms with Crippen LogP contribution in [0.5, 0.6) is 5.75 Å². The van der Waals surface area contributed by atoms with Crippen LogP contribution in [-0.4, -0.2) is 37.3 Å². The Morgan fingerprint density at radius 2 is 2.09 bits per heavy atom. The van der Waals surface area contributed by atoms with E-state index in [2.05, 4.69) is 20.7 Å². The standard InChI is InChI=1S/C22H25FN6O3/c1-5-28-11-18(13(2)25-28)19-10-20(32-27-19)22(30)24-21-14(3)26-29(15(21)4)12-31-17-8-6-7-16(23)9-17/h6-9,11,20H,5,10,12H2,1-4H3,(H,24,30). The molecule has 0 saturated heterocycles. The molecule has 1 aliphatic heterocycles. The number of amides is 1. The topological polar surface area (TPSA) is 95.6 Å². The molecule has 2 aromatic heterocycles. The third-order valence-corrected chi connectivity index (χ3v) is 5.32. The zero-order chi connectivity index (χ0) is 22.8. The monoisotopic (exact) mass is 440 g/mol. The SMILES string of the molecule is CCn1cc(C2=NOC(C(=O)Nc3c(C)nn(COc4cccc(F)c4)c3C)C2)c(C)n1. The molecular formula is C22H25FN6O3. The number of oxime groups is 1. The second kappa shape index (κ2) is 8.81. The molecule has 1 amide bonds. The number of nitrogens with zero attached hydrogens (tertiary/aromatic N) is 5. The van der Waals surface area contributed by atoms with Gasteiger partial charge in [0.05, 0.1) is 28.5 Å². The molecule has 4 rings (SSSR count). The molecule has 1 atom stereocenters. The van der Waals surface area contributed by atoms with Crippen molar-refractivity contribution in [2.24, 2.45) is 5.16 Å². The Labute approximate surface area is 184 Å². The van der Waals surface area contributed by atoms with Crippen molar-refractivity contribution in [2.45, 2.75) is 53.5 Å². The van der Waals surface area contributed by atoms with Gasteiger partial charge in [0.25, 0.3) is 5.91 Å². The van der Waals surface area contributed by atoms with E-state index in [0.717, 1.165) is 17.8 Å². The number of aryl methyl sites for hydroxylation is 3. The highest BCUT2D eigenvalue weighted by Gasteiger charge is 2.31. The zero-order valence-corrected chi connectivity index (χ0v) is 18.4. The van der Waals surface area contributed by atoms with Crippen LogP contribution in [0.4, 0.5) is 10.1 Å². The van der Waals surface area contributed by atoms with Crippen molar-refractivity contribution in [1.29, 1.82) is 0 Å². The molecular weight excluding hydrogens is 415 g/mol. The summed E-state index contributed by atoms with van der Waals surface area (Å²) in [6, 6.07) is 5.89. The summed E-state index contributed by atoms with van der Waals surface area (Å²) in [6.07, 6.45) is 1.53. The molecule has 3 aromatic rings. The van der Waals surface area contributed by atoms with Gasteiger partial charge in [-0.05, 0) is 39.8 Å². The van der Waals surface area contributed by atoms with Crippen LogP contribution in [0.2, 0.25) is 0 Å². The molecule has 10 heteroatoms. The van der Waals surface area contributed by atoms with Crippen molar-refractivity contribution in [3.05, 3.63) is 58.9 Å². The van der Waals surface area contributed by atoms with Crippen molar-refractivity contribution in [3.8, 4) is 5.75 Å². The number of ether oxygens (including phenoxy) is 1. The molecule has 1 N–H and O–H groups in total. The van der Waals surface area contributed by atoms with Crippen LogP contribution >= 0.6 is 0 Å². The van der Waals surface area contributed by atoms with Crippen LogP contribution in [0.1, 0.15) is 36.0 Å². The quantitative estimate of drug-likeness (QED) is 0.608. The molecule has 9 nitrogen and oxygen atoms in total. The first-order chi connectivity index (χ1) is 15.4. The van der Waals surface area contributed by atoms with E-state index < -0.39 is 6.10 Å². The smallest absolute Gasteiger partial charge is 0.268 e. The summed E-state index contributed by atoms with van der Waals surface area (Å²) in [5, 5.41) is 15.8. The third kappa shape index (κ3) is 4.34. The second-order valence-corrected chi connectivity index (χ2v) is 7.59. The minimum Gasteiger partial charge on any atom is -0.471 e. The van der Waals surface area contributed by atoms with Crippen LogP contribution in [-0.2, 0) is 22.9 Å². The van der Waals surface area contributed by atoms with Crippen LogP contribution in [0.25, 0.3) is 0 Å². The first-order valence-corrected chi connectivity index (χ1v) is 10.4. The minimum atomic E-state index is -0.736. The molecule has 0 bridgehead atoms. The van der Waals surface area contributed by atoms with Gasteiger partial charge in [0.2, 0.25) is 6.10 Å². The summed E-state index contributed by atoms with van der Waals surface area (Å²) in [5.74, 6) is -0.283. The number of carbonyl (C=O) groups is 1. The summed E-state index contributed by atoms with van der Waals surface area (Å²) in [4.78, 5) is 18.2. The normalized spacial score (nSPS) is 15.4. The largest absolute Gasteiger partial charge is 0.471 e. The summed E-state index contributed by atoms with van der Waals surface area (Å²) in [6.45, 7) is 8.37. The lowest BCUT2D eigenvalue weighted by atomic mass is 10.1. The Hall–Kier alpha value is -3.69. The summed E-state index contributed by atoms with van der Waals surface area (Å²) in [5.41, 5.74) is 4.38. The number of rotatable bonds is 7. The first-order valence-electron chi connectivity index (χ1n) is 10.4. The predicted octanol–water partition coefficient (Wildman–Crippen LogP) is 3.33. The average Bonchev–Trinajstić information content (AvgIpc) is 3.46. The summed E-state index contributed by atoms with van der Waals surface area (Å²) < 4.78 is 22.4. The highest BCUT2D eigenvalue weighted by molar-refractivity contribution is 6.06. The zero-order valence-electron chi connectivity index (χ0n) is 18.4. The summed E-state index contributed by atoms with van der Waals surface area (Å²) in [7, 11) is 0. The van der Waals surface area contributed by atoms with Gasteiger partial charge in [-0.3, -0.25) is 9.48 Å². The van der Waals surface area contributed by atoms with Gasteiger partial charge in [-0.1, -0.05) is 11.2 Å². The molecule has 3 heterocycles. The lowest BCUT2D eigenvalue weighted by molar-refractivity contribution is -0.125. The first kappa shape index (κ1) is 21.5. The van der Waals surface area contributed by atoms with Crippen molar-refractivity contribution in [2.75, 3.05) is 5.32 Å². The fraction of sp³-hybridized carbons (Fsp3) is 0.364. The van der Waals surface area contributed by atoms with Gasteiger partial charge in [-0.2, -0.15) is 10.2 Å². The van der Waals surface area contributed by atoms with Crippen molar-refractivity contribution in [3.63, 3.8) is 0 Å². The highest BCUT2D eigenvalue weighted by Crippen LogP contribution is 2.24. The number of nitrogens with one attached hydrogen (secondary N) is 1. The molecule has 0 fully saturated rings. The van der Waals surface area contributed by atoms with Gasteiger partial charge in [-0.15, -0.1) is 0 Å². The van der Waals surface area contributed by atoms with E-state index in [0.29, 0.717) is 35.0 Å². The van der Waals surface area contributed by atoms with Crippen LogP contribution < -0.4 is 10.1 Å². The highest BCUT2D eigenvalue weighted by atomic mass is 19.1. The fourth-order valence-corrected chi connectivity index (χ4v) is 3.54. The Kier molecular flexibility index (Phi) is 5.93. The number of aromatic nitrogens is 4. The van der Waals surface area contributed by atoms with Gasteiger partial charge in [-0.25, -0.2) is 9.07 Å². The van der Waals surface area contributed by atoms with E-state index in [-0.39, 0.29) is 18.5 Å². The minimum absolute atomic E-state index is 0.0832. The molecule has 1 aliphatic rings. The molecule has 0 spiro atoms. The lowest BCUT2D eigenvalue weighted by Gasteiger charge is -2.11. The maximum atomic E-state index is 13.3. The number of anilines is 1. The van der Waals surface area contributed by atoms with Crippen LogP contribution in [0, 0.1) is 26.6 Å². The molecule has 0 radical (unpaired) electrons. The van der Waals surface area contributed by atoms with Crippen molar-refractivity contribution < 1.29 is 18.8 Å². The Morgan fingerprint density at radius 3 is 2.81 bits per heavy atom. The number of hydrogen-bond donors (Lipinski definition) is 1. The van der Waals surface area contributed by atoms with E-state index in [1.807, 2.05) is 31.6 Å². The van der Waals surface area contributed by atoms with E-state index in [4.69, 9.17) is 9.57 Å². The molecule has 32 heavy (non-hydrogen) atoms. The van der Waals surface area contributed by atoms with Gasteiger partial charge in [0, 0.05) is 30.8 Å². The van der Waals surface area contributed by atoms with Gasteiger partial charge >= 0.3 is 0 Å². The second-order valence-electron chi connectivity index (χ2n) is 7.59. The third-order valence-electron chi connectivity index (χ3n) is 5.32. The lowest BCUT2D eigenvalue weighted by Crippen LogP contribution is -2.28. The Morgan fingerprint density at radius 1 is 1.28 bits per heavy atom. The van der Waals surface area contributed by atoms with Gasteiger partial charge in [0.1, 0.15) is 11.6 Å². The van der Waals surface area contributed by atoms with E-state index in [1.54, 1.807) is 23.7 Å².